The van der Waals surface area contributed by atoms with E-state index in [0.717, 1.165) is 26.0 Å². The standard InChI is InChI=1S/C14H14ClN3O4.C8H5ClFNO4/c1-22-13(19)9-6-10(15)12(18(20)21)11(7-9)17-8-14(2-3-14)4-5-16;1-15-8(12)4-2-5(9)7(11(13)14)6(10)3-4/h6-7,17H,2-4,8H2,1H3;2-3H,1H3. The van der Waals surface area contributed by atoms with E-state index in [4.69, 9.17) is 28.5 Å². The summed E-state index contributed by atoms with van der Waals surface area (Å²) in [7, 11) is 2.33. The van der Waals surface area contributed by atoms with Crippen molar-refractivity contribution in [2.75, 3.05) is 26.1 Å². The van der Waals surface area contributed by atoms with Crippen LogP contribution in [0.15, 0.2) is 24.3 Å². The molecule has 2 aromatic carbocycles. The van der Waals surface area contributed by atoms with Crippen molar-refractivity contribution in [3.63, 3.8) is 0 Å². The zero-order valence-electron chi connectivity index (χ0n) is 19.4. The van der Waals surface area contributed by atoms with Crippen molar-refractivity contribution in [1.29, 1.82) is 5.26 Å². The first-order valence-corrected chi connectivity index (χ1v) is 11.0. The highest BCUT2D eigenvalue weighted by atomic mass is 35.5. The molecule has 0 bridgehead atoms. The van der Waals surface area contributed by atoms with Crippen LogP contribution in [0.1, 0.15) is 40.0 Å². The molecule has 0 atom stereocenters. The fraction of sp³-hybridized carbons (Fsp3) is 0.318. The maximum atomic E-state index is 13.1. The summed E-state index contributed by atoms with van der Waals surface area (Å²) < 4.78 is 22.0. The number of nitro benzene ring substituents is 2. The van der Waals surface area contributed by atoms with Gasteiger partial charge in [0.15, 0.2) is 0 Å². The van der Waals surface area contributed by atoms with E-state index >= 15 is 0 Å². The Labute approximate surface area is 219 Å². The molecule has 12 nitrogen and oxygen atoms in total. The number of esters is 2. The number of rotatable bonds is 8. The van der Waals surface area contributed by atoms with Crippen LogP contribution in [-0.4, -0.2) is 42.5 Å². The van der Waals surface area contributed by atoms with Crippen LogP contribution in [0.3, 0.4) is 0 Å². The second-order valence-electron chi connectivity index (χ2n) is 7.83. The van der Waals surface area contributed by atoms with Gasteiger partial charge >= 0.3 is 23.3 Å². The second-order valence-corrected chi connectivity index (χ2v) is 8.64. The third-order valence-electron chi connectivity index (χ3n) is 5.35. The molecule has 0 spiro atoms. The number of nitrogens with one attached hydrogen (secondary N) is 1. The Hall–Kier alpha value is -4.02. The number of carbonyl (C=O) groups is 2. The minimum absolute atomic E-state index is 0.130. The molecule has 0 radical (unpaired) electrons. The molecule has 1 N–H and O–H groups in total. The molecule has 1 aliphatic rings. The minimum atomic E-state index is -1.17. The highest BCUT2D eigenvalue weighted by molar-refractivity contribution is 6.33. The molecule has 0 amide bonds. The lowest BCUT2D eigenvalue weighted by Crippen LogP contribution is -2.16. The van der Waals surface area contributed by atoms with E-state index in [1.54, 1.807) is 0 Å². The molecule has 0 heterocycles. The van der Waals surface area contributed by atoms with Crippen LogP contribution in [0.2, 0.25) is 10.0 Å². The average Bonchev–Trinajstić information content (AvgIpc) is 3.60. The highest BCUT2D eigenvalue weighted by Gasteiger charge is 2.42. The van der Waals surface area contributed by atoms with Crippen LogP contribution in [0.25, 0.3) is 0 Å². The zero-order chi connectivity index (χ0) is 27.9. The number of hydrogen-bond acceptors (Lipinski definition) is 10. The summed E-state index contributed by atoms with van der Waals surface area (Å²) in [4.78, 5) is 42.5. The Bertz CT molecular complexity index is 1270. The maximum Gasteiger partial charge on any atom is 0.338 e. The molecular formula is C22H19Cl2FN4O8. The van der Waals surface area contributed by atoms with E-state index in [2.05, 4.69) is 20.9 Å². The van der Waals surface area contributed by atoms with Crippen LogP contribution in [0.5, 0.6) is 0 Å². The number of nitro groups is 2. The van der Waals surface area contributed by atoms with Crippen molar-refractivity contribution in [1.82, 2.24) is 0 Å². The molecule has 15 heteroatoms. The molecule has 196 valence electrons. The average molecular weight is 557 g/mol. The van der Waals surface area contributed by atoms with Crippen molar-refractivity contribution in [3.05, 3.63) is 71.5 Å². The lowest BCUT2D eigenvalue weighted by Gasteiger charge is -2.14. The van der Waals surface area contributed by atoms with Gasteiger partial charge in [0, 0.05) is 18.4 Å². The SMILES string of the molecule is COC(=O)c1cc(Cl)c([N+](=O)[O-])c(NCC2(CC#N)CC2)c1.COC(=O)c1cc(F)c([N+](=O)[O-])c(Cl)c1. The van der Waals surface area contributed by atoms with Crippen molar-refractivity contribution in [3.8, 4) is 6.07 Å². The first-order chi connectivity index (χ1) is 17.4. The molecule has 1 fully saturated rings. The molecule has 0 saturated heterocycles. The van der Waals surface area contributed by atoms with E-state index in [0.29, 0.717) is 19.0 Å². The molecule has 1 saturated carbocycles. The number of nitrogens with zero attached hydrogens (tertiary/aromatic N) is 3. The summed E-state index contributed by atoms with van der Waals surface area (Å²) in [6, 6.07) is 6.36. The summed E-state index contributed by atoms with van der Waals surface area (Å²) in [6.45, 7) is 0.419. The number of nitriles is 1. The van der Waals surface area contributed by atoms with Gasteiger partial charge in [0.05, 0.1) is 41.3 Å². The number of ether oxygens (including phenoxy) is 2. The Balaban J connectivity index is 0.000000281. The van der Waals surface area contributed by atoms with Gasteiger partial charge in [-0.15, -0.1) is 0 Å². The van der Waals surface area contributed by atoms with Gasteiger partial charge in [-0.1, -0.05) is 23.2 Å². The van der Waals surface area contributed by atoms with Crippen LogP contribution in [0.4, 0.5) is 21.5 Å². The van der Waals surface area contributed by atoms with E-state index in [1.807, 2.05) is 0 Å². The van der Waals surface area contributed by atoms with Crippen molar-refractivity contribution in [2.24, 2.45) is 5.41 Å². The van der Waals surface area contributed by atoms with E-state index in [-0.39, 0.29) is 32.9 Å². The topological polar surface area (TPSA) is 175 Å². The number of benzene rings is 2. The summed E-state index contributed by atoms with van der Waals surface area (Å²) >= 11 is 11.4. The largest absolute Gasteiger partial charge is 0.465 e. The third kappa shape index (κ3) is 7.25. The van der Waals surface area contributed by atoms with Gasteiger partial charge in [0.2, 0.25) is 5.82 Å². The van der Waals surface area contributed by atoms with E-state index in [1.165, 1.54) is 19.2 Å². The predicted octanol–water partition coefficient (Wildman–Crippen LogP) is 5.31. The van der Waals surface area contributed by atoms with E-state index < -0.39 is 38.3 Å². The van der Waals surface area contributed by atoms with Gasteiger partial charge < -0.3 is 14.8 Å². The van der Waals surface area contributed by atoms with Crippen LogP contribution >= 0.6 is 23.2 Å². The first-order valence-electron chi connectivity index (χ1n) is 10.3. The zero-order valence-corrected chi connectivity index (χ0v) is 20.9. The van der Waals surface area contributed by atoms with Crippen molar-refractivity contribution in [2.45, 2.75) is 19.3 Å². The summed E-state index contributed by atoms with van der Waals surface area (Å²) in [5.41, 5.74) is -1.18. The quantitative estimate of drug-likeness (QED) is 0.254. The summed E-state index contributed by atoms with van der Waals surface area (Å²) in [5.74, 6) is -2.61. The van der Waals surface area contributed by atoms with Crippen LogP contribution in [0, 0.1) is 42.8 Å². The van der Waals surface area contributed by atoms with Crippen molar-refractivity contribution >= 4 is 52.2 Å². The molecule has 0 aromatic heterocycles. The minimum Gasteiger partial charge on any atom is -0.465 e. The lowest BCUT2D eigenvalue weighted by atomic mass is 10.0. The number of halogens is 3. The van der Waals surface area contributed by atoms with Gasteiger partial charge in [-0.3, -0.25) is 20.2 Å². The van der Waals surface area contributed by atoms with Gasteiger partial charge in [0.25, 0.3) is 0 Å². The lowest BCUT2D eigenvalue weighted by molar-refractivity contribution is -0.387. The fourth-order valence-corrected chi connectivity index (χ4v) is 3.74. The number of carbonyl (C=O) groups excluding carboxylic acids is 2. The van der Waals surface area contributed by atoms with Gasteiger partial charge in [-0.2, -0.15) is 9.65 Å². The van der Waals surface area contributed by atoms with Crippen molar-refractivity contribution < 1.29 is 33.3 Å². The number of hydrogen-bond donors (Lipinski definition) is 1. The summed E-state index contributed by atoms with van der Waals surface area (Å²) in [6.07, 6.45) is 2.18. The Morgan fingerprint density at radius 1 is 1.03 bits per heavy atom. The fourth-order valence-electron chi connectivity index (χ4n) is 3.17. The molecule has 2 aromatic rings. The highest BCUT2D eigenvalue weighted by Crippen LogP contribution is 2.49. The van der Waals surface area contributed by atoms with Gasteiger partial charge in [0.1, 0.15) is 15.7 Å². The molecule has 0 aliphatic heterocycles. The van der Waals surface area contributed by atoms with Crippen LogP contribution < -0.4 is 5.32 Å². The third-order valence-corrected chi connectivity index (χ3v) is 5.93. The second kappa shape index (κ2) is 12.3. The normalized spacial score (nSPS) is 12.8. The van der Waals surface area contributed by atoms with Gasteiger partial charge in [-0.25, -0.2) is 9.59 Å². The first kappa shape index (κ1) is 29.2. The van der Waals surface area contributed by atoms with Gasteiger partial charge in [-0.05, 0) is 37.1 Å². The molecule has 0 unspecified atom stereocenters. The predicted molar refractivity (Wildman–Crippen MR) is 129 cm³/mol. The monoisotopic (exact) mass is 556 g/mol. The molecule has 3 rings (SSSR count). The maximum absolute atomic E-state index is 13.1. The number of methoxy groups -OCH3 is 2. The van der Waals surface area contributed by atoms with E-state index in [9.17, 15) is 34.2 Å². The Morgan fingerprint density at radius 2 is 1.51 bits per heavy atom. The van der Waals surface area contributed by atoms with Crippen LogP contribution in [-0.2, 0) is 9.47 Å². The molecule has 1 aliphatic carbocycles. The Morgan fingerprint density at radius 3 is 1.92 bits per heavy atom. The molecule has 37 heavy (non-hydrogen) atoms. The Kier molecular flexibility index (Phi) is 9.70. The smallest absolute Gasteiger partial charge is 0.338 e. The summed E-state index contributed by atoms with van der Waals surface area (Å²) in [5, 5.41) is 32.7. The number of anilines is 1. The molecular weight excluding hydrogens is 538 g/mol.